The van der Waals surface area contributed by atoms with Crippen molar-refractivity contribution in [2.75, 3.05) is 32.8 Å². The van der Waals surface area contributed by atoms with Gasteiger partial charge in [-0.15, -0.1) is 0 Å². The first-order chi connectivity index (χ1) is 13.5. The van der Waals surface area contributed by atoms with Crippen LogP contribution in [0.25, 0.3) is 0 Å². The lowest BCUT2D eigenvalue weighted by molar-refractivity contribution is 0.0505. The molecule has 6 nitrogen and oxygen atoms in total. The van der Waals surface area contributed by atoms with E-state index in [0.717, 1.165) is 13.0 Å². The van der Waals surface area contributed by atoms with Crippen molar-refractivity contribution in [1.29, 1.82) is 0 Å². The Kier molecular flexibility index (Phi) is 6.83. The van der Waals surface area contributed by atoms with Gasteiger partial charge in [0.15, 0.2) is 0 Å². The van der Waals surface area contributed by atoms with Gasteiger partial charge in [0, 0.05) is 32.7 Å². The molecular formula is C21H26N2O4S. The van der Waals surface area contributed by atoms with Gasteiger partial charge in [-0.2, -0.15) is 4.31 Å². The molecule has 1 aliphatic heterocycles. The van der Waals surface area contributed by atoms with Crippen LogP contribution < -0.4 is 0 Å². The summed E-state index contributed by atoms with van der Waals surface area (Å²) in [6.07, 6.45) is 0.719. The van der Waals surface area contributed by atoms with Crippen LogP contribution in [0, 0.1) is 0 Å². The lowest BCUT2D eigenvalue weighted by Gasteiger charge is -2.34. The van der Waals surface area contributed by atoms with Crippen LogP contribution in [0.1, 0.15) is 29.3 Å². The number of nitrogens with zero attached hydrogens (tertiary/aromatic N) is 2. The van der Waals surface area contributed by atoms with E-state index in [2.05, 4.69) is 17.0 Å². The van der Waals surface area contributed by atoms with Crippen molar-refractivity contribution in [3.8, 4) is 0 Å². The second-order valence-electron chi connectivity index (χ2n) is 6.83. The van der Waals surface area contributed by atoms with Gasteiger partial charge in [0.05, 0.1) is 17.1 Å². The SMILES string of the molecule is CCCOC(=O)c1cccc(S(=O)(=O)N2CCN(Cc3ccccc3)CC2)c1. The van der Waals surface area contributed by atoms with Crippen LogP contribution in [0.5, 0.6) is 0 Å². The number of esters is 1. The van der Waals surface area contributed by atoms with Crippen LogP contribution in [0.4, 0.5) is 0 Å². The maximum Gasteiger partial charge on any atom is 0.338 e. The Hall–Kier alpha value is -2.22. The number of ether oxygens (including phenoxy) is 1. The minimum atomic E-state index is -3.64. The summed E-state index contributed by atoms with van der Waals surface area (Å²) in [7, 11) is -3.64. The Morgan fingerprint density at radius 2 is 1.71 bits per heavy atom. The molecule has 0 spiro atoms. The standard InChI is InChI=1S/C21H26N2O4S/c1-2-15-27-21(24)19-9-6-10-20(16-19)28(25,26)23-13-11-22(12-14-23)17-18-7-4-3-5-8-18/h3-10,16H,2,11-15,17H2,1H3. The Morgan fingerprint density at radius 3 is 2.39 bits per heavy atom. The highest BCUT2D eigenvalue weighted by Gasteiger charge is 2.29. The first kappa shape index (κ1) is 20.5. The molecule has 0 saturated carbocycles. The Morgan fingerprint density at radius 1 is 1.00 bits per heavy atom. The minimum Gasteiger partial charge on any atom is -0.462 e. The van der Waals surface area contributed by atoms with E-state index in [0.29, 0.717) is 32.8 Å². The summed E-state index contributed by atoms with van der Waals surface area (Å²) in [6.45, 7) is 5.25. The summed E-state index contributed by atoms with van der Waals surface area (Å²) in [5.41, 5.74) is 1.48. The predicted octanol–water partition coefficient (Wildman–Crippen LogP) is 2.76. The molecule has 2 aromatic carbocycles. The van der Waals surface area contributed by atoms with Crippen molar-refractivity contribution in [2.24, 2.45) is 0 Å². The van der Waals surface area contributed by atoms with Crippen LogP contribution in [0.3, 0.4) is 0 Å². The lowest BCUT2D eigenvalue weighted by atomic mass is 10.2. The molecule has 28 heavy (non-hydrogen) atoms. The van der Waals surface area contributed by atoms with E-state index < -0.39 is 16.0 Å². The highest BCUT2D eigenvalue weighted by molar-refractivity contribution is 7.89. The van der Waals surface area contributed by atoms with Crippen molar-refractivity contribution in [3.63, 3.8) is 0 Å². The van der Waals surface area contributed by atoms with Gasteiger partial charge < -0.3 is 4.74 Å². The largest absolute Gasteiger partial charge is 0.462 e. The second kappa shape index (κ2) is 9.32. The topological polar surface area (TPSA) is 66.9 Å². The zero-order chi connectivity index (χ0) is 20.0. The fourth-order valence-electron chi connectivity index (χ4n) is 3.18. The van der Waals surface area contributed by atoms with Gasteiger partial charge in [0.2, 0.25) is 10.0 Å². The summed E-state index contributed by atoms with van der Waals surface area (Å²) in [5, 5.41) is 0. The second-order valence-corrected chi connectivity index (χ2v) is 8.77. The number of hydrogen-bond donors (Lipinski definition) is 0. The van der Waals surface area contributed by atoms with Gasteiger partial charge in [0.1, 0.15) is 0 Å². The molecule has 0 N–H and O–H groups in total. The van der Waals surface area contributed by atoms with E-state index in [1.54, 1.807) is 12.1 Å². The number of benzene rings is 2. The summed E-state index contributed by atoms with van der Waals surface area (Å²) >= 11 is 0. The van der Waals surface area contributed by atoms with E-state index in [4.69, 9.17) is 4.74 Å². The highest BCUT2D eigenvalue weighted by Crippen LogP contribution is 2.20. The summed E-state index contributed by atoms with van der Waals surface area (Å²) < 4.78 is 32.6. The maximum absolute atomic E-state index is 13.0. The van der Waals surface area contributed by atoms with Gasteiger partial charge in [0.25, 0.3) is 0 Å². The van der Waals surface area contributed by atoms with Gasteiger partial charge in [-0.3, -0.25) is 4.90 Å². The monoisotopic (exact) mass is 402 g/mol. The van der Waals surface area contributed by atoms with E-state index in [1.165, 1.54) is 22.0 Å². The molecule has 0 bridgehead atoms. The van der Waals surface area contributed by atoms with Gasteiger partial charge in [-0.05, 0) is 30.2 Å². The number of piperazine rings is 1. The molecule has 2 aromatic rings. The molecular weight excluding hydrogens is 376 g/mol. The molecule has 1 aliphatic rings. The Bertz CT molecular complexity index is 892. The van der Waals surface area contributed by atoms with Crippen molar-refractivity contribution >= 4 is 16.0 Å². The van der Waals surface area contributed by atoms with E-state index in [1.807, 2.05) is 25.1 Å². The number of sulfonamides is 1. The molecule has 0 aliphatic carbocycles. The fraction of sp³-hybridized carbons (Fsp3) is 0.381. The number of rotatable bonds is 7. The molecule has 0 amide bonds. The minimum absolute atomic E-state index is 0.134. The van der Waals surface area contributed by atoms with E-state index in [-0.39, 0.29) is 10.5 Å². The third-order valence-corrected chi connectivity index (χ3v) is 6.62. The Labute approximate surface area is 166 Å². The molecule has 7 heteroatoms. The molecule has 3 rings (SSSR count). The quantitative estimate of drug-likeness (QED) is 0.666. The van der Waals surface area contributed by atoms with Gasteiger partial charge in [-0.1, -0.05) is 43.3 Å². The molecule has 150 valence electrons. The smallest absolute Gasteiger partial charge is 0.338 e. The number of carbonyl (C=O) groups excluding carboxylic acids is 1. The normalized spacial score (nSPS) is 16.0. The van der Waals surface area contributed by atoms with Crippen LogP contribution in [-0.4, -0.2) is 56.4 Å². The van der Waals surface area contributed by atoms with Crippen molar-refractivity contribution in [2.45, 2.75) is 24.8 Å². The zero-order valence-corrected chi connectivity index (χ0v) is 16.9. The third-order valence-electron chi connectivity index (χ3n) is 4.73. The highest BCUT2D eigenvalue weighted by atomic mass is 32.2. The molecule has 0 atom stereocenters. The average Bonchev–Trinajstić information content (AvgIpc) is 2.73. The molecule has 0 aromatic heterocycles. The summed E-state index contributed by atoms with van der Waals surface area (Å²) in [5.74, 6) is -0.494. The van der Waals surface area contributed by atoms with Crippen LogP contribution in [-0.2, 0) is 21.3 Å². The van der Waals surface area contributed by atoms with Crippen LogP contribution in [0.15, 0.2) is 59.5 Å². The van der Waals surface area contributed by atoms with Crippen molar-refractivity contribution in [3.05, 3.63) is 65.7 Å². The van der Waals surface area contributed by atoms with E-state index in [9.17, 15) is 13.2 Å². The first-order valence-corrected chi connectivity index (χ1v) is 11.0. The Balaban J connectivity index is 1.65. The fourth-order valence-corrected chi connectivity index (χ4v) is 4.65. The first-order valence-electron chi connectivity index (χ1n) is 9.54. The average molecular weight is 403 g/mol. The zero-order valence-electron chi connectivity index (χ0n) is 16.1. The molecule has 0 radical (unpaired) electrons. The van der Waals surface area contributed by atoms with E-state index >= 15 is 0 Å². The third kappa shape index (κ3) is 4.98. The molecule has 1 fully saturated rings. The molecule has 1 heterocycles. The molecule has 1 saturated heterocycles. The van der Waals surface area contributed by atoms with Gasteiger partial charge >= 0.3 is 5.97 Å². The van der Waals surface area contributed by atoms with Crippen molar-refractivity contribution in [1.82, 2.24) is 9.21 Å². The summed E-state index contributed by atoms with van der Waals surface area (Å²) in [4.78, 5) is 14.4. The van der Waals surface area contributed by atoms with Crippen LogP contribution in [0.2, 0.25) is 0 Å². The number of carbonyl (C=O) groups is 1. The molecule has 0 unspecified atom stereocenters. The number of hydrogen-bond acceptors (Lipinski definition) is 5. The maximum atomic E-state index is 13.0. The van der Waals surface area contributed by atoms with Crippen LogP contribution >= 0.6 is 0 Å². The lowest BCUT2D eigenvalue weighted by Crippen LogP contribution is -2.48. The van der Waals surface area contributed by atoms with Gasteiger partial charge in [-0.25, -0.2) is 13.2 Å². The summed E-state index contributed by atoms with van der Waals surface area (Å²) in [6, 6.07) is 16.3. The van der Waals surface area contributed by atoms with Crippen molar-refractivity contribution < 1.29 is 17.9 Å². The predicted molar refractivity (Wildman–Crippen MR) is 107 cm³/mol.